The van der Waals surface area contributed by atoms with E-state index in [9.17, 15) is 0 Å². The Hall–Kier alpha value is -1.62. The van der Waals surface area contributed by atoms with Crippen LogP contribution in [0, 0.1) is 12.3 Å². The molecule has 20 heavy (non-hydrogen) atoms. The monoisotopic (exact) mass is 275 g/mol. The molecule has 0 aromatic carbocycles. The zero-order chi connectivity index (χ0) is 14.7. The van der Waals surface area contributed by atoms with Gasteiger partial charge < -0.3 is 21.4 Å². The average Bonchev–Trinajstić information content (AvgIpc) is 2.38. The number of nitrogens with two attached hydrogens (primary N) is 1. The highest BCUT2D eigenvalue weighted by Crippen LogP contribution is 2.25. The lowest BCUT2D eigenvalue weighted by Gasteiger charge is -2.32. The number of aromatic nitrogens is 1. The first-order valence-electron chi connectivity index (χ1n) is 7.30. The van der Waals surface area contributed by atoms with Crippen molar-refractivity contribution >= 4 is 17.9 Å². The molecule has 0 bridgehead atoms. The van der Waals surface area contributed by atoms with E-state index in [0.717, 1.165) is 48.7 Å². The molecule has 1 aromatic rings. The minimum absolute atomic E-state index is 0.297. The van der Waals surface area contributed by atoms with Gasteiger partial charge in [0.25, 0.3) is 0 Å². The van der Waals surface area contributed by atoms with Gasteiger partial charge in [-0.05, 0) is 45.2 Å². The van der Waals surface area contributed by atoms with E-state index >= 15 is 0 Å². The van der Waals surface area contributed by atoms with Gasteiger partial charge in [0.05, 0.1) is 0 Å². The first-order chi connectivity index (χ1) is 9.51. The van der Waals surface area contributed by atoms with E-state index in [1.807, 2.05) is 6.92 Å². The number of hydrogen-bond acceptors (Lipinski definition) is 5. The second kappa shape index (κ2) is 6.22. The van der Waals surface area contributed by atoms with Gasteiger partial charge in [-0.3, -0.25) is 0 Å². The molecule has 0 unspecified atom stereocenters. The zero-order valence-corrected chi connectivity index (χ0v) is 12.6. The van der Waals surface area contributed by atoms with Crippen molar-refractivity contribution in [2.24, 2.45) is 5.73 Å². The molecule has 0 saturated carbocycles. The van der Waals surface area contributed by atoms with Crippen LogP contribution in [0.3, 0.4) is 0 Å². The van der Waals surface area contributed by atoms with E-state index in [4.69, 9.17) is 16.1 Å². The lowest BCUT2D eigenvalue weighted by Crippen LogP contribution is -2.40. The molecule has 110 valence electrons. The number of nitrogens with one attached hydrogen (secondary N) is 2. The molecule has 1 saturated heterocycles. The Morgan fingerprint density at radius 2 is 2.10 bits per heavy atom. The molecular formula is C15H25N5. The normalized spacial score (nSPS) is 16.6. The maximum absolute atomic E-state index is 7.58. The van der Waals surface area contributed by atoms with Crippen LogP contribution in [0.1, 0.15) is 37.8 Å². The van der Waals surface area contributed by atoms with Crippen molar-refractivity contribution in [3.63, 3.8) is 0 Å². The molecule has 0 spiro atoms. The number of piperidine rings is 1. The van der Waals surface area contributed by atoms with Gasteiger partial charge in [-0.2, -0.15) is 0 Å². The van der Waals surface area contributed by atoms with Crippen LogP contribution >= 0.6 is 0 Å². The van der Waals surface area contributed by atoms with Crippen LogP contribution in [0.25, 0.3) is 0 Å². The van der Waals surface area contributed by atoms with E-state index < -0.39 is 0 Å². The van der Waals surface area contributed by atoms with Gasteiger partial charge >= 0.3 is 0 Å². The van der Waals surface area contributed by atoms with Crippen LogP contribution in [-0.4, -0.2) is 36.4 Å². The third kappa shape index (κ3) is 3.28. The Bertz CT molecular complexity index is 475. The summed E-state index contributed by atoms with van der Waals surface area (Å²) in [7, 11) is 0. The molecule has 0 radical (unpaired) electrons. The summed E-state index contributed by atoms with van der Waals surface area (Å²) in [5, 5.41) is 10.9. The minimum atomic E-state index is 0.297. The van der Waals surface area contributed by atoms with Gasteiger partial charge in [-0.25, -0.2) is 4.98 Å². The fourth-order valence-corrected chi connectivity index (χ4v) is 2.52. The number of anilines is 2. The standard InChI is InChI=1S/C15H25N5/c1-10(2)18-15-13(9-16)11(3)8-14(19-15)20-6-4-12(17)5-7-20/h8-10,12,16H,4-7,17H2,1-3H3,(H,18,19). The van der Waals surface area contributed by atoms with Crippen molar-refractivity contribution < 1.29 is 0 Å². The van der Waals surface area contributed by atoms with Crippen molar-refractivity contribution in [3.05, 3.63) is 17.2 Å². The van der Waals surface area contributed by atoms with Gasteiger partial charge in [-0.1, -0.05) is 0 Å². The number of nitrogens with zero attached hydrogens (tertiary/aromatic N) is 2. The fourth-order valence-electron chi connectivity index (χ4n) is 2.52. The predicted octanol–water partition coefficient (Wildman–Crippen LogP) is 2.14. The molecule has 1 aliphatic heterocycles. The van der Waals surface area contributed by atoms with Gasteiger partial charge in [0, 0.05) is 37.0 Å². The van der Waals surface area contributed by atoms with E-state index in [2.05, 4.69) is 30.1 Å². The van der Waals surface area contributed by atoms with Crippen molar-refractivity contribution in [2.45, 2.75) is 45.7 Å². The lowest BCUT2D eigenvalue weighted by atomic mass is 10.1. The smallest absolute Gasteiger partial charge is 0.137 e. The van der Waals surface area contributed by atoms with Crippen molar-refractivity contribution in [3.8, 4) is 0 Å². The number of rotatable bonds is 4. The Labute approximate surface area is 121 Å². The summed E-state index contributed by atoms with van der Waals surface area (Å²) >= 11 is 0. The maximum atomic E-state index is 7.58. The SMILES string of the molecule is Cc1cc(N2CCC(N)CC2)nc(NC(C)C)c1C=N. The van der Waals surface area contributed by atoms with Crippen LogP contribution in [-0.2, 0) is 0 Å². The molecule has 0 amide bonds. The quantitative estimate of drug-likeness (QED) is 0.736. The number of pyridine rings is 1. The predicted molar refractivity (Wildman–Crippen MR) is 85.0 cm³/mol. The third-order valence-corrected chi connectivity index (χ3v) is 3.69. The van der Waals surface area contributed by atoms with Crippen LogP contribution in [0.5, 0.6) is 0 Å². The molecular weight excluding hydrogens is 250 g/mol. The first kappa shape index (κ1) is 14.8. The largest absolute Gasteiger partial charge is 0.367 e. The van der Waals surface area contributed by atoms with Crippen LogP contribution in [0.2, 0.25) is 0 Å². The van der Waals surface area contributed by atoms with Crippen LogP contribution < -0.4 is 16.0 Å². The summed E-state index contributed by atoms with van der Waals surface area (Å²) in [5.41, 5.74) is 7.91. The Morgan fingerprint density at radius 3 is 2.65 bits per heavy atom. The van der Waals surface area contributed by atoms with E-state index in [0.29, 0.717) is 12.1 Å². The second-order valence-corrected chi connectivity index (χ2v) is 5.83. The fraction of sp³-hybridized carbons (Fsp3) is 0.600. The zero-order valence-electron chi connectivity index (χ0n) is 12.6. The highest BCUT2D eigenvalue weighted by Gasteiger charge is 2.19. The van der Waals surface area contributed by atoms with Gasteiger partial charge in [-0.15, -0.1) is 0 Å². The average molecular weight is 275 g/mol. The molecule has 0 atom stereocenters. The summed E-state index contributed by atoms with van der Waals surface area (Å²) in [6, 6.07) is 2.69. The second-order valence-electron chi connectivity index (χ2n) is 5.83. The molecule has 1 aliphatic rings. The van der Waals surface area contributed by atoms with Crippen molar-refractivity contribution in [2.75, 3.05) is 23.3 Å². The van der Waals surface area contributed by atoms with E-state index in [1.165, 1.54) is 6.21 Å². The number of aryl methyl sites for hydroxylation is 1. The molecule has 0 aliphatic carbocycles. The Balaban J connectivity index is 2.30. The van der Waals surface area contributed by atoms with Crippen LogP contribution in [0.15, 0.2) is 6.07 Å². The van der Waals surface area contributed by atoms with E-state index in [-0.39, 0.29) is 0 Å². The summed E-state index contributed by atoms with van der Waals surface area (Å²) in [4.78, 5) is 7.00. The highest BCUT2D eigenvalue weighted by molar-refractivity contribution is 5.87. The highest BCUT2D eigenvalue weighted by atomic mass is 15.2. The van der Waals surface area contributed by atoms with Gasteiger partial charge in [0.2, 0.25) is 0 Å². The third-order valence-electron chi connectivity index (χ3n) is 3.69. The Kier molecular flexibility index (Phi) is 4.60. The molecule has 4 N–H and O–H groups in total. The summed E-state index contributed by atoms with van der Waals surface area (Å²) in [5.74, 6) is 1.79. The molecule has 5 heteroatoms. The maximum Gasteiger partial charge on any atom is 0.137 e. The molecule has 2 heterocycles. The summed E-state index contributed by atoms with van der Waals surface area (Å²) in [6.07, 6.45) is 3.41. The van der Waals surface area contributed by atoms with Gasteiger partial charge in [0.15, 0.2) is 0 Å². The Morgan fingerprint density at radius 1 is 1.45 bits per heavy atom. The minimum Gasteiger partial charge on any atom is -0.367 e. The lowest BCUT2D eigenvalue weighted by molar-refractivity contribution is 0.498. The molecule has 5 nitrogen and oxygen atoms in total. The van der Waals surface area contributed by atoms with Crippen LogP contribution in [0.4, 0.5) is 11.6 Å². The van der Waals surface area contributed by atoms with Crippen molar-refractivity contribution in [1.29, 1.82) is 5.41 Å². The van der Waals surface area contributed by atoms with Crippen molar-refractivity contribution in [1.82, 2.24) is 4.98 Å². The first-order valence-corrected chi connectivity index (χ1v) is 7.30. The summed E-state index contributed by atoms with van der Waals surface area (Å²) in [6.45, 7) is 8.11. The topological polar surface area (TPSA) is 78.0 Å². The molecule has 1 fully saturated rings. The summed E-state index contributed by atoms with van der Waals surface area (Å²) < 4.78 is 0. The van der Waals surface area contributed by atoms with Gasteiger partial charge in [0.1, 0.15) is 11.6 Å². The van der Waals surface area contributed by atoms with E-state index in [1.54, 1.807) is 0 Å². The molecule has 1 aromatic heterocycles. The molecule has 2 rings (SSSR count). The number of hydrogen-bond donors (Lipinski definition) is 3.